The van der Waals surface area contributed by atoms with Gasteiger partial charge in [0.15, 0.2) is 0 Å². The minimum Gasteiger partial charge on any atom is -0.472 e. The molecule has 2 heterocycles. The molecule has 2 aromatic rings. The Morgan fingerprint density at radius 1 is 1.30 bits per heavy atom. The minimum atomic E-state index is 0.131. The van der Waals surface area contributed by atoms with Crippen molar-refractivity contribution in [1.29, 1.82) is 0 Å². The summed E-state index contributed by atoms with van der Waals surface area (Å²) in [6.07, 6.45) is 6.70. The SMILES string of the molecule is CCCNC(CCC(N)c1ccc(C)s1)c1ccoc1. The fraction of sp³-hybridized carbons (Fsp3) is 0.500. The molecule has 0 radical (unpaired) electrons. The molecule has 2 unspecified atom stereocenters. The van der Waals surface area contributed by atoms with Crippen LogP contribution >= 0.6 is 11.3 Å². The van der Waals surface area contributed by atoms with Crippen molar-refractivity contribution < 1.29 is 4.42 Å². The molecule has 20 heavy (non-hydrogen) atoms. The van der Waals surface area contributed by atoms with E-state index in [1.165, 1.54) is 15.3 Å². The van der Waals surface area contributed by atoms with E-state index in [-0.39, 0.29) is 6.04 Å². The Balaban J connectivity index is 1.91. The van der Waals surface area contributed by atoms with Crippen LogP contribution in [0.4, 0.5) is 0 Å². The third kappa shape index (κ3) is 4.20. The molecule has 0 amide bonds. The van der Waals surface area contributed by atoms with Gasteiger partial charge >= 0.3 is 0 Å². The van der Waals surface area contributed by atoms with Crippen molar-refractivity contribution in [3.8, 4) is 0 Å². The van der Waals surface area contributed by atoms with E-state index in [1.807, 2.05) is 12.3 Å². The lowest BCUT2D eigenvalue weighted by atomic mass is 10.0. The molecule has 0 aromatic carbocycles. The molecule has 2 aromatic heterocycles. The molecule has 0 bridgehead atoms. The second kappa shape index (κ2) is 7.62. The Kier molecular flexibility index (Phi) is 5.83. The Hall–Kier alpha value is -1.10. The molecule has 0 aliphatic rings. The molecule has 3 nitrogen and oxygen atoms in total. The van der Waals surface area contributed by atoms with Crippen LogP contribution in [0.15, 0.2) is 35.1 Å². The van der Waals surface area contributed by atoms with Crippen molar-refractivity contribution in [2.24, 2.45) is 5.73 Å². The Morgan fingerprint density at radius 3 is 2.75 bits per heavy atom. The molecule has 0 saturated carbocycles. The lowest BCUT2D eigenvalue weighted by molar-refractivity contribution is 0.455. The molecule has 2 atom stereocenters. The van der Waals surface area contributed by atoms with Gasteiger partial charge in [-0.2, -0.15) is 0 Å². The van der Waals surface area contributed by atoms with Crippen LogP contribution in [0, 0.1) is 6.92 Å². The monoisotopic (exact) mass is 292 g/mol. The number of nitrogens with one attached hydrogen (secondary N) is 1. The van der Waals surface area contributed by atoms with Crippen LogP contribution in [0.3, 0.4) is 0 Å². The average Bonchev–Trinajstić information content (AvgIpc) is 3.10. The van der Waals surface area contributed by atoms with E-state index in [0.717, 1.165) is 25.8 Å². The summed E-state index contributed by atoms with van der Waals surface area (Å²) >= 11 is 1.80. The second-order valence-corrected chi connectivity index (χ2v) is 6.52. The summed E-state index contributed by atoms with van der Waals surface area (Å²) in [5.74, 6) is 0. The lowest BCUT2D eigenvalue weighted by Crippen LogP contribution is -2.23. The number of aryl methyl sites for hydroxylation is 1. The van der Waals surface area contributed by atoms with Crippen LogP contribution in [0.25, 0.3) is 0 Å². The average molecular weight is 292 g/mol. The minimum absolute atomic E-state index is 0.131. The molecule has 110 valence electrons. The standard InChI is InChI=1S/C16H24N2OS/c1-3-9-18-15(13-8-10-19-11-13)6-5-14(17)16-7-4-12(2)20-16/h4,7-8,10-11,14-15,18H,3,5-6,9,17H2,1-2H3. The molecular formula is C16H24N2OS. The number of nitrogens with two attached hydrogens (primary N) is 1. The summed E-state index contributed by atoms with van der Waals surface area (Å²) in [4.78, 5) is 2.61. The summed E-state index contributed by atoms with van der Waals surface area (Å²) in [6, 6.07) is 6.79. The zero-order valence-corrected chi connectivity index (χ0v) is 13.1. The molecule has 4 heteroatoms. The molecule has 0 spiro atoms. The van der Waals surface area contributed by atoms with Crippen molar-refractivity contribution >= 4 is 11.3 Å². The summed E-state index contributed by atoms with van der Waals surface area (Å²) < 4.78 is 5.20. The van der Waals surface area contributed by atoms with Gasteiger partial charge in [-0.15, -0.1) is 11.3 Å². The maximum absolute atomic E-state index is 6.30. The zero-order valence-electron chi connectivity index (χ0n) is 12.3. The van der Waals surface area contributed by atoms with Gasteiger partial charge in [0.05, 0.1) is 12.5 Å². The highest BCUT2D eigenvalue weighted by Crippen LogP contribution is 2.27. The third-order valence-corrected chi connectivity index (χ3v) is 4.61. The first kappa shape index (κ1) is 15.3. The number of hydrogen-bond acceptors (Lipinski definition) is 4. The van der Waals surface area contributed by atoms with Gasteiger partial charge in [0.25, 0.3) is 0 Å². The van der Waals surface area contributed by atoms with E-state index in [0.29, 0.717) is 6.04 Å². The maximum Gasteiger partial charge on any atom is 0.0950 e. The predicted molar refractivity (Wildman–Crippen MR) is 85.0 cm³/mol. The van der Waals surface area contributed by atoms with E-state index in [2.05, 4.69) is 31.3 Å². The van der Waals surface area contributed by atoms with Gasteiger partial charge in [-0.25, -0.2) is 0 Å². The predicted octanol–water partition coefficient (Wildman–Crippen LogP) is 4.17. The van der Waals surface area contributed by atoms with Gasteiger partial charge < -0.3 is 15.5 Å². The van der Waals surface area contributed by atoms with Crippen LogP contribution in [-0.4, -0.2) is 6.54 Å². The molecule has 0 saturated heterocycles. The first-order chi connectivity index (χ1) is 9.70. The van der Waals surface area contributed by atoms with E-state index >= 15 is 0 Å². The van der Waals surface area contributed by atoms with Crippen LogP contribution in [-0.2, 0) is 0 Å². The molecule has 0 fully saturated rings. The summed E-state index contributed by atoms with van der Waals surface area (Å²) in [7, 11) is 0. The molecule has 0 aliphatic carbocycles. The van der Waals surface area contributed by atoms with Crippen molar-refractivity contribution in [2.75, 3.05) is 6.54 Å². The normalized spacial score (nSPS) is 14.3. The fourth-order valence-corrected chi connectivity index (χ4v) is 3.23. The highest BCUT2D eigenvalue weighted by atomic mass is 32.1. The topological polar surface area (TPSA) is 51.2 Å². The Morgan fingerprint density at radius 2 is 2.15 bits per heavy atom. The quantitative estimate of drug-likeness (QED) is 0.767. The van der Waals surface area contributed by atoms with E-state index in [4.69, 9.17) is 10.2 Å². The third-order valence-electron chi connectivity index (χ3n) is 3.48. The number of furan rings is 1. The zero-order chi connectivity index (χ0) is 14.4. The first-order valence-electron chi connectivity index (χ1n) is 7.28. The number of hydrogen-bond donors (Lipinski definition) is 2. The Bertz CT molecular complexity index is 492. The van der Waals surface area contributed by atoms with Crippen LogP contribution in [0.1, 0.15) is 53.6 Å². The lowest BCUT2D eigenvalue weighted by Gasteiger charge is -2.19. The summed E-state index contributed by atoms with van der Waals surface area (Å²) in [5, 5.41) is 3.57. The van der Waals surface area contributed by atoms with Gasteiger partial charge in [-0.05, 0) is 50.9 Å². The second-order valence-electron chi connectivity index (χ2n) is 5.20. The highest BCUT2D eigenvalue weighted by molar-refractivity contribution is 7.12. The van der Waals surface area contributed by atoms with Gasteiger partial charge in [-0.3, -0.25) is 0 Å². The fourth-order valence-electron chi connectivity index (χ4n) is 2.32. The van der Waals surface area contributed by atoms with Gasteiger partial charge in [-0.1, -0.05) is 6.92 Å². The first-order valence-corrected chi connectivity index (χ1v) is 8.09. The van der Waals surface area contributed by atoms with Gasteiger partial charge in [0.2, 0.25) is 0 Å². The largest absolute Gasteiger partial charge is 0.472 e. The van der Waals surface area contributed by atoms with E-state index in [9.17, 15) is 0 Å². The van der Waals surface area contributed by atoms with Gasteiger partial charge in [0, 0.05) is 27.4 Å². The smallest absolute Gasteiger partial charge is 0.0950 e. The van der Waals surface area contributed by atoms with Gasteiger partial charge in [0.1, 0.15) is 0 Å². The van der Waals surface area contributed by atoms with Crippen molar-refractivity contribution in [2.45, 2.75) is 45.2 Å². The molecule has 0 aliphatic heterocycles. The number of thiophene rings is 1. The van der Waals surface area contributed by atoms with Crippen molar-refractivity contribution in [3.63, 3.8) is 0 Å². The van der Waals surface area contributed by atoms with Crippen LogP contribution in [0.5, 0.6) is 0 Å². The number of rotatable bonds is 8. The summed E-state index contributed by atoms with van der Waals surface area (Å²) in [6.45, 7) is 5.32. The van der Waals surface area contributed by atoms with Crippen LogP contribution < -0.4 is 11.1 Å². The highest BCUT2D eigenvalue weighted by Gasteiger charge is 2.15. The van der Waals surface area contributed by atoms with E-state index < -0.39 is 0 Å². The molecular weight excluding hydrogens is 268 g/mol. The van der Waals surface area contributed by atoms with E-state index in [1.54, 1.807) is 17.6 Å². The van der Waals surface area contributed by atoms with Crippen LogP contribution in [0.2, 0.25) is 0 Å². The molecule has 2 rings (SSSR count). The summed E-state index contributed by atoms with van der Waals surface area (Å²) in [5.41, 5.74) is 7.51. The Labute approximate surface area is 125 Å². The molecule has 3 N–H and O–H groups in total. The maximum atomic E-state index is 6.30. The van der Waals surface area contributed by atoms with Crippen molar-refractivity contribution in [3.05, 3.63) is 46.0 Å². The van der Waals surface area contributed by atoms with Crippen molar-refractivity contribution in [1.82, 2.24) is 5.32 Å².